The highest BCUT2D eigenvalue weighted by atomic mass is 16.6. The van der Waals surface area contributed by atoms with Crippen molar-refractivity contribution in [3.8, 4) is 0 Å². The molecule has 9 heteroatoms. The van der Waals surface area contributed by atoms with Gasteiger partial charge in [-0.15, -0.1) is 0 Å². The van der Waals surface area contributed by atoms with Crippen LogP contribution in [0.25, 0.3) is 0 Å². The van der Waals surface area contributed by atoms with Crippen molar-refractivity contribution in [2.24, 2.45) is 5.10 Å². The summed E-state index contributed by atoms with van der Waals surface area (Å²) < 4.78 is 5.01. The van der Waals surface area contributed by atoms with Crippen molar-refractivity contribution >= 4 is 23.3 Å². The van der Waals surface area contributed by atoms with E-state index in [0.717, 1.165) is 6.07 Å². The van der Waals surface area contributed by atoms with Crippen LogP contribution in [0.2, 0.25) is 0 Å². The molecule has 0 spiro atoms. The zero-order valence-electron chi connectivity index (χ0n) is 10.8. The van der Waals surface area contributed by atoms with Crippen molar-refractivity contribution in [2.75, 3.05) is 5.43 Å². The van der Waals surface area contributed by atoms with Gasteiger partial charge in [0, 0.05) is 5.56 Å². The van der Waals surface area contributed by atoms with E-state index in [1.165, 1.54) is 25.5 Å². The first-order chi connectivity index (χ1) is 9.99. The van der Waals surface area contributed by atoms with Crippen LogP contribution in [0.4, 0.5) is 17.1 Å². The van der Waals surface area contributed by atoms with E-state index in [-0.39, 0.29) is 11.4 Å². The van der Waals surface area contributed by atoms with Crippen molar-refractivity contribution in [1.82, 2.24) is 0 Å². The van der Waals surface area contributed by atoms with Crippen LogP contribution in [0.15, 0.2) is 40.0 Å². The zero-order valence-corrected chi connectivity index (χ0v) is 10.8. The van der Waals surface area contributed by atoms with Gasteiger partial charge in [0.1, 0.15) is 11.4 Å². The summed E-state index contributed by atoms with van der Waals surface area (Å²) in [6, 6.07) is 5.52. The molecule has 0 bridgehead atoms. The summed E-state index contributed by atoms with van der Waals surface area (Å²) in [7, 11) is 0. The predicted molar refractivity (Wildman–Crippen MR) is 74.4 cm³/mol. The average molecular weight is 290 g/mol. The summed E-state index contributed by atoms with van der Waals surface area (Å²) in [5.41, 5.74) is 2.09. The molecule has 0 atom stereocenters. The van der Waals surface area contributed by atoms with E-state index in [4.69, 9.17) is 4.42 Å². The largest absolute Gasteiger partial charge is 0.463 e. The van der Waals surface area contributed by atoms with E-state index >= 15 is 0 Å². The minimum Gasteiger partial charge on any atom is -0.463 e. The van der Waals surface area contributed by atoms with Gasteiger partial charge in [-0.25, -0.2) is 0 Å². The maximum atomic E-state index is 11.0. The number of nitro benzene ring substituents is 2. The molecule has 0 aliphatic rings. The molecule has 108 valence electrons. The third-order valence-electron chi connectivity index (χ3n) is 2.63. The standard InChI is InChI=1S/C12H10N4O5/c1-8-5-10(14-13-7-9-3-2-4-21-9)12(16(19)20)6-11(8)15(17)18/h2-7,14H,1H3. The van der Waals surface area contributed by atoms with Gasteiger partial charge in [0.2, 0.25) is 0 Å². The molecule has 21 heavy (non-hydrogen) atoms. The van der Waals surface area contributed by atoms with E-state index < -0.39 is 15.5 Å². The third kappa shape index (κ3) is 3.21. The lowest BCUT2D eigenvalue weighted by Crippen LogP contribution is -2.00. The van der Waals surface area contributed by atoms with Gasteiger partial charge in [0.15, 0.2) is 0 Å². The van der Waals surface area contributed by atoms with Gasteiger partial charge < -0.3 is 4.42 Å². The lowest BCUT2D eigenvalue weighted by molar-refractivity contribution is -0.394. The van der Waals surface area contributed by atoms with E-state index in [1.54, 1.807) is 12.1 Å². The van der Waals surface area contributed by atoms with Crippen molar-refractivity contribution < 1.29 is 14.3 Å². The van der Waals surface area contributed by atoms with Crippen LogP contribution in [0.5, 0.6) is 0 Å². The molecule has 2 rings (SSSR count). The molecule has 0 aliphatic carbocycles. The normalized spacial score (nSPS) is 10.7. The number of hydrogen-bond donors (Lipinski definition) is 1. The minimum atomic E-state index is -0.711. The number of furan rings is 1. The van der Waals surface area contributed by atoms with Gasteiger partial charge >= 0.3 is 5.69 Å². The van der Waals surface area contributed by atoms with Crippen molar-refractivity contribution in [2.45, 2.75) is 6.92 Å². The maximum Gasteiger partial charge on any atom is 0.301 e. The summed E-state index contributed by atoms with van der Waals surface area (Å²) in [6.07, 6.45) is 2.79. The van der Waals surface area contributed by atoms with Gasteiger partial charge in [0.25, 0.3) is 5.69 Å². The zero-order chi connectivity index (χ0) is 15.4. The van der Waals surface area contributed by atoms with Gasteiger partial charge in [-0.05, 0) is 25.1 Å². The molecule has 0 aliphatic heterocycles. The smallest absolute Gasteiger partial charge is 0.301 e. The van der Waals surface area contributed by atoms with Crippen molar-refractivity contribution in [1.29, 1.82) is 0 Å². The minimum absolute atomic E-state index is 0.0610. The number of hydrazone groups is 1. The Bertz CT molecular complexity index is 709. The molecule has 1 aromatic carbocycles. The number of anilines is 1. The average Bonchev–Trinajstić information content (AvgIpc) is 2.91. The Morgan fingerprint density at radius 1 is 1.24 bits per heavy atom. The summed E-state index contributed by atoms with van der Waals surface area (Å²) in [4.78, 5) is 20.4. The highest BCUT2D eigenvalue weighted by Crippen LogP contribution is 2.32. The number of hydrogen-bond acceptors (Lipinski definition) is 7. The highest BCUT2D eigenvalue weighted by molar-refractivity contribution is 5.77. The number of nitrogens with zero attached hydrogens (tertiary/aromatic N) is 3. The molecule has 1 aromatic heterocycles. The number of aryl methyl sites for hydroxylation is 1. The monoisotopic (exact) mass is 290 g/mol. The van der Waals surface area contributed by atoms with E-state index in [2.05, 4.69) is 10.5 Å². The molecule has 2 aromatic rings. The molecule has 0 amide bonds. The molecular formula is C12H10N4O5. The van der Waals surface area contributed by atoms with E-state index in [9.17, 15) is 20.2 Å². The molecule has 0 saturated carbocycles. The molecule has 0 fully saturated rings. The van der Waals surface area contributed by atoms with Gasteiger partial charge in [-0.1, -0.05) is 0 Å². The van der Waals surface area contributed by atoms with Gasteiger partial charge in [0.05, 0.1) is 28.4 Å². The van der Waals surface area contributed by atoms with Crippen molar-refractivity contribution in [3.05, 3.63) is 62.1 Å². The van der Waals surface area contributed by atoms with Gasteiger partial charge in [-0.3, -0.25) is 25.7 Å². The molecule has 0 radical (unpaired) electrons. The molecule has 0 unspecified atom stereocenters. The van der Waals surface area contributed by atoms with Crippen LogP contribution >= 0.6 is 0 Å². The topological polar surface area (TPSA) is 124 Å². The number of nitro groups is 2. The summed E-state index contributed by atoms with van der Waals surface area (Å²) in [5, 5.41) is 25.6. The Morgan fingerprint density at radius 2 is 1.95 bits per heavy atom. The lowest BCUT2D eigenvalue weighted by atomic mass is 10.1. The Kier molecular flexibility index (Phi) is 3.93. The fraction of sp³-hybridized carbons (Fsp3) is 0.0833. The van der Waals surface area contributed by atoms with Crippen LogP contribution in [0.3, 0.4) is 0 Å². The second-order valence-electron chi connectivity index (χ2n) is 4.06. The Balaban J connectivity index is 2.32. The Hall–Kier alpha value is -3.23. The Morgan fingerprint density at radius 3 is 2.52 bits per heavy atom. The van der Waals surface area contributed by atoms with Crippen LogP contribution in [-0.4, -0.2) is 16.1 Å². The second-order valence-corrected chi connectivity index (χ2v) is 4.06. The first-order valence-electron chi connectivity index (χ1n) is 5.75. The Labute approximate surface area is 118 Å². The fourth-order valence-electron chi connectivity index (χ4n) is 1.65. The quantitative estimate of drug-likeness (QED) is 0.513. The highest BCUT2D eigenvalue weighted by Gasteiger charge is 2.22. The third-order valence-corrected chi connectivity index (χ3v) is 2.63. The van der Waals surface area contributed by atoms with E-state index in [1.807, 2.05) is 0 Å². The lowest BCUT2D eigenvalue weighted by Gasteiger charge is -2.04. The molecular weight excluding hydrogens is 280 g/mol. The first kappa shape index (κ1) is 14.2. The van der Waals surface area contributed by atoms with Crippen molar-refractivity contribution in [3.63, 3.8) is 0 Å². The summed E-state index contributed by atoms with van der Waals surface area (Å²) >= 11 is 0. The summed E-state index contributed by atoms with van der Waals surface area (Å²) in [6.45, 7) is 1.49. The molecule has 0 saturated heterocycles. The second kappa shape index (κ2) is 5.82. The first-order valence-corrected chi connectivity index (χ1v) is 5.75. The number of rotatable bonds is 5. The molecule has 9 nitrogen and oxygen atoms in total. The fourth-order valence-corrected chi connectivity index (χ4v) is 1.65. The van der Waals surface area contributed by atoms with Crippen LogP contribution in [0, 0.1) is 27.2 Å². The number of benzene rings is 1. The summed E-state index contributed by atoms with van der Waals surface area (Å²) in [5.74, 6) is 0.462. The van der Waals surface area contributed by atoms with Gasteiger partial charge in [-0.2, -0.15) is 5.10 Å². The predicted octanol–water partition coefficient (Wildman–Crippen LogP) is 2.85. The number of nitrogens with one attached hydrogen (secondary N) is 1. The van der Waals surface area contributed by atoms with Crippen LogP contribution < -0.4 is 5.43 Å². The molecule has 1 N–H and O–H groups in total. The SMILES string of the molecule is Cc1cc(NN=Cc2ccco2)c([N+](=O)[O-])cc1[N+](=O)[O-]. The van der Waals surface area contributed by atoms with E-state index in [0.29, 0.717) is 11.3 Å². The van der Waals surface area contributed by atoms with Crippen LogP contribution in [-0.2, 0) is 0 Å². The molecule has 1 heterocycles. The maximum absolute atomic E-state index is 11.0. The van der Waals surface area contributed by atoms with Crippen LogP contribution in [0.1, 0.15) is 11.3 Å².